The molecular weight excluding hydrogens is 513 g/mol. The van der Waals surface area contributed by atoms with Crippen LogP contribution in [0.3, 0.4) is 0 Å². The Hall–Kier alpha value is -3.43. The van der Waals surface area contributed by atoms with Gasteiger partial charge in [0.15, 0.2) is 0 Å². The molecule has 2 aromatic heterocycles. The molecule has 208 valence electrons. The Morgan fingerprint density at radius 3 is 2.12 bits per heavy atom. The maximum Gasteiger partial charge on any atom is 0.389 e. The van der Waals surface area contributed by atoms with Gasteiger partial charge in [-0.25, -0.2) is 9.97 Å². The van der Waals surface area contributed by atoms with Crippen molar-refractivity contribution >= 4 is 0 Å². The van der Waals surface area contributed by atoms with E-state index < -0.39 is 12.6 Å². The Morgan fingerprint density at radius 1 is 0.775 bits per heavy atom. The molecule has 7 rings (SSSR count). The van der Waals surface area contributed by atoms with E-state index in [-0.39, 0.29) is 12.5 Å². The number of alkyl halides is 3. The lowest BCUT2D eigenvalue weighted by atomic mass is 9.89. The van der Waals surface area contributed by atoms with Crippen LogP contribution in [-0.4, -0.2) is 39.2 Å². The fourth-order valence-corrected chi connectivity index (χ4v) is 6.41. The first-order chi connectivity index (χ1) is 19.4. The van der Waals surface area contributed by atoms with Crippen LogP contribution in [0.2, 0.25) is 0 Å². The van der Waals surface area contributed by atoms with Gasteiger partial charge in [0.25, 0.3) is 0 Å². The number of benzene rings is 2. The van der Waals surface area contributed by atoms with E-state index in [1.54, 1.807) is 0 Å². The Labute approximate surface area is 231 Å². The fourth-order valence-electron chi connectivity index (χ4n) is 6.41. The number of aryl methyl sites for hydroxylation is 3. The highest BCUT2D eigenvalue weighted by molar-refractivity contribution is 5.76. The van der Waals surface area contributed by atoms with Crippen LogP contribution >= 0.6 is 0 Å². The zero-order valence-corrected chi connectivity index (χ0v) is 22.3. The molecule has 2 atom stereocenters. The number of halogens is 3. The molecule has 2 aliphatic heterocycles. The van der Waals surface area contributed by atoms with Crippen molar-refractivity contribution in [2.24, 2.45) is 0 Å². The second-order valence-corrected chi connectivity index (χ2v) is 11.3. The van der Waals surface area contributed by atoms with Crippen LogP contribution in [0.15, 0.2) is 42.5 Å². The second kappa shape index (κ2) is 10.2. The van der Waals surface area contributed by atoms with Crippen LogP contribution < -0.4 is 10.6 Å². The molecule has 0 unspecified atom stereocenters. The van der Waals surface area contributed by atoms with Crippen LogP contribution in [0.1, 0.15) is 72.8 Å². The number of rotatable bonds is 6. The summed E-state index contributed by atoms with van der Waals surface area (Å²) < 4.78 is 39.1. The first kappa shape index (κ1) is 25.5. The van der Waals surface area contributed by atoms with Gasteiger partial charge in [0.1, 0.15) is 11.6 Å². The molecule has 0 bridgehead atoms. The van der Waals surface area contributed by atoms with Crippen LogP contribution in [0.4, 0.5) is 13.2 Å². The molecule has 0 spiro atoms. The summed E-state index contributed by atoms with van der Waals surface area (Å²) in [5, 5.41) is 6.92. The number of nitrogens with zero attached hydrogens (tertiary/aromatic N) is 2. The molecule has 9 heteroatoms. The third-order valence-corrected chi connectivity index (χ3v) is 8.53. The lowest BCUT2D eigenvalue weighted by Gasteiger charge is -2.16. The van der Waals surface area contributed by atoms with E-state index in [0.717, 1.165) is 79.2 Å². The third kappa shape index (κ3) is 4.97. The van der Waals surface area contributed by atoms with Crippen LogP contribution in [0, 0.1) is 0 Å². The van der Waals surface area contributed by atoms with Gasteiger partial charge in [-0.05, 0) is 73.9 Å². The molecule has 4 aromatic rings. The lowest BCUT2D eigenvalue weighted by molar-refractivity contribution is -0.134. The van der Waals surface area contributed by atoms with Crippen LogP contribution in [0.5, 0.6) is 0 Å². The average molecular weight is 547 g/mol. The van der Waals surface area contributed by atoms with Crippen molar-refractivity contribution in [2.45, 2.75) is 69.6 Å². The molecule has 0 saturated carbocycles. The molecule has 2 saturated heterocycles. The molecule has 2 aromatic carbocycles. The predicted molar refractivity (Wildman–Crippen MR) is 149 cm³/mol. The Kier molecular flexibility index (Phi) is 6.51. The van der Waals surface area contributed by atoms with Gasteiger partial charge < -0.3 is 20.6 Å². The lowest BCUT2D eigenvalue weighted by Crippen LogP contribution is -2.14. The minimum atomic E-state index is -4.22. The maximum absolute atomic E-state index is 13.0. The monoisotopic (exact) mass is 546 g/mol. The number of H-pyrrole nitrogens is 2. The minimum absolute atomic E-state index is 0.0636. The van der Waals surface area contributed by atoms with Crippen molar-refractivity contribution in [3.63, 3.8) is 0 Å². The zero-order valence-electron chi connectivity index (χ0n) is 22.3. The number of imidazole rings is 2. The summed E-state index contributed by atoms with van der Waals surface area (Å²) in [5.74, 6) is 1.78. The van der Waals surface area contributed by atoms with Gasteiger partial charge in [-0.15, -0.1) is 0 Å². The predicted octanol–water partition coefficient (Wildman–Crippen LogP) is 6.58. The van der Waals surface area contributed by atoms with E-state index in [1.807, 2.05) is 24.3 Å². The summed E-state index contributed by atoms with van der Waals surface area (Å²) >= 11 is 0. The van der Waals surface area contributed by atoms with E-state index in [1.165, 1.54) is 23.2 Å². The standard InChI is InChI=1S/C31H33F3N6/c32-31(33,34)14-13-24-27(39-29(38-24)25-3-1-15-35-25)19-7-5-18(6-8-19)20-9-11-22-21(17-20)10-12-23-28(22)40-30(37-23)26-4-2-16-36-26/h5-9,11,17,25-26,35-36H,1-4,10,12-16H2,(H,37,40)(H,38,39)/t25-,26-/m0/s1. The first-order valence-electron chi connectivity index (χ1n) is 14.4. The molecule has 40 heavy (non-hydrogen) atoms. The van der Waals surface area contributed by atoms with Crippen molar-refractivity contribution in [3.05, 3.63) is 71.1 Å². The van der Waals surface area contributed by atoms with Crippen molar-refractivity contribution in [2.75, 3.05) is 13.1 Å². The van der Waals surface area contributed by atoms with Crippen molar-refractivity contribution in [3.8, 4) is 33.6 Å². The Morgan fingerprint density at radius 2 is 1.45 bits per heavy atom. The molecule has 4 heterocycles. The summed E-state index contributed by atoms with van der Waals surface area (Å²) in [6, 6.07) is 15.0. The topological polar surface area (TPSA) is 81.4 Å². The molecule has 2 fully saturated rings. The SMILES string of the molecule is FC(F)(F)CCc1nc([C@@H]2CCCN2)[nH]c1-c1ccc(-c2ccc3c(c2)CCc2[nH]c([C@@H]4CCCN4)nc2-3)cc1. The largest absolute Gasteiger partial charge is 0.389 e. The molecular formula is C31H33F3N6. The normalized spacial score (nSPS) is 20.6. The van der Waals surface area contributed by atoms with Crippen molar-refractivity contribution in [1.29, 1.82) is 0 Å². The number of aromatic amines is 2. The molecule has 0 radical (unpaired) electrons. The summed E-state index contributed by atoms with van der Waals surface area (Å²) in [5.41, 5.74) is 9.00. The molecule has 3 aliphatic rings. The number of hydrogen-bond donors (Lipinski definition) is 4. The van der Waals surface area contributed by atoms with E-state index in [4.69, 9.17) is 4.98 Å². The summed E-state index contributed by atoms with van der Waals surface area (Å²) in [4.78, 5) is 16.5. The van der Waals surface area contributed by atoms with E-state index in [9.17, 15) is 13.2 Å². The highest BCUT2D eigenvalue weighted by Gasteiger charge is 2.29. The summed E-state index contributed by atoms with van der Waals surface area (Å²) in [6.07, 6.45) is 0.943. The van der Waals surface area contributed by atoms with Gasteiger partial charge in [0.2, 0.25) is 0 Å². The number of nitrogens with one attached hydrogen (secondary N) is 4. The molecule has 4 N–H and O–H groups in total. The van der Waals surface area contributed by atoms with Gasteiger partial charge >= 0.3 is 6.18 Å². The Balaban J connectivity index is 1.15. The summed E-state index contributed by atoms with van der Waals surface area (Å²) in [6.45, 7) is 1.94. The van der Waals surface area contributed by atoms with Gasteiger partial charge in [-0.2, -0.15) is 13.2 Å². The summed E-state index contributed by atoms with van der Waals surface area (Å²) in [7, 11) is 0. The average Bonchev–Trinajstić information content (AvgIpc) is 3.77. The number of hydrogen-bond acceptors (Lipinski definition) is 4. The van der Waals surface area contributed by atoms with E-state index >= 15 is 0 Å². The van der Waals surface area contributed by atoms with Crippen molar-refractivity contribution < 1.29 is 13.2 Å². The Bertz CT molecular complexity index is 1510. The van der Waals surface area contributed by atoms with Crippen LogP contribution in [0.25, 0.3) is 33.6 Å². The van der Waals surface area contributed by atoms with Gasteiger partial charge in [-0.1, -0.05) is 42.5 Å². The molecule has 0 amide bonds. The van der Waals surface area contributed by atoms with Crippen molar-refractivity contribution in [1.82, 2.24) is 30.6 Å². The van der Waals surface area contributed by atoms with Gasteiger partial charge in [0.05, 0.1) is 29.2 Å². The molecule has 6 nitrogen and oxygen atoms in total. The smallest absolute Gasteiger partial charge is 0.344 e. The number of fused-ring (bicyclic) bond motifs is 3. The second-order valence-electron chi connectivity index (χ2n) is 11.3. The fraction of sp³-hybridized carbons (Fsp3) is 0.419. The van der Waals surface area contributed by atoms with Gasteiger partial charge in [0, 0.05) is 24.1 Å². The highest BCUT2D eigenvalue weighted by Crippen LogP contribution is 2.37. The highest BCUT2D eigenvalue weighted by atomic mass is 19.4. The number of aromatic nitrogens is 4. The van der Waals surface area contributed by atoms with Gasteiger partial charge in [-0.3, -0.25) is 0 Å². The van der Waals surface area contributed by atoms with Crippen LogP contribution in [-0.2, 0) is 19.3 Å². The zero-order chi connectivity index (χ0) is 27.3. The minimum Gasteiger partial charge on any atom is -0.344 e. The first-order valence-corrected chi connectivity index (χ1v) is 14.4. The third-order valence-electron chi connectivity index (χ3n) is 8.53. The van der Waals surface area contributed by atoms with E-state index in [2.05, 4.69) is 43.8 Å². The quantitative estimate of drug-likeness (QED) is 0.220. The maximum atomic E-state index is 13.0. The molecule has 1 aliphatic carbocycles. The van der Waals surface area contributed by atoms with E-state index in [0.29, 0.717) is 17.4 Å².